The molecule has 7 nitrogen and oxygen atoms in total. The summed E-state index contributed by atoms with van der Waals surface area (Å²) in [5.41, 5.74) is 1.71. The quantitative estimate of drug-likeness (QED) is 0.566. The number of carbonyl (C=O) groups is 1. The van der Waals surface area contributed by atoms with Crippen molar-refractivity contribution in [1.29, 1.82) is 0 Å². The molecule has 0 amide bonds. The highest BCUT2D eigenvalue weighted by Gasteiger charge is 2.28. The van der Waals surface area contributed by atoms with E-state index in [4.69, 9.17) is 17.0 Å². The number of aryl methyl sites for hydroxylation is 1. The second-order valence-corrected chi connectivity index (χ2v) is 10.7. The van der Waals surface area contributed by atoms with Gasteiger partial charge >= 0.3 is 5.97 Å². The minimum absolute atomic E-state index is 0.328. The van der Waals surface area contributed by atoms with Gasteiger partial charge in [0.2, 0.25) is 10.0 Å². The number of carbonyl (C=O) groups excluding carboxylic acids is 1. The van der Waals surface area contributed by atoms with Gasteiger partial charge in [0.15, 0.2) is 5.11 Å². The van der Waals surface area contributed by atoms with Crippen molar-refractivity contribution in [3.05, 3.63) is 16.0 Å². The fourth-order valence-corrected chi connectivity index (χ4v) is 6.18. The third-order valence-electron chi connectivity index (χ3n) is 5.28. The summed E-state index contributed by atoms with van der Waals surface area (Å²) in [4.78, 5) is 15.7. The summed E-state index contributed by atoms with van der Waals surface area (Å²) in [6.07, 6.45) is 7.70. The molecule has 1 saturated heterocycles. The lowest BCUT2D eigenvalue weighted by atomic mass is 9.96. The monoisotopic (exact) mass is 445 g/mol. The van der Waals surface area contributed by atoms with Crippen LogP contribution in [0.15, 0.2) is 0 Å². The molecular weight excluding hydrogens is 418 g/mol. The largest absolute Gasteiger partial charge is 0.465 e. The molecule has 0 unspecified atom stereocenters. The molecule has 0 aromatic carbocycles. The highest BCUT2D eigenvalue weighted by molar-refractivity contribution is 7.88. The SMILES string of the molecule is COC(=O)c1c(NC(=S)N2CCN(S(C)(=O)=O)CC2)sc2c1CCCCCC2. The Morgan fingerprint density at radius 2 is 1.75 bits per heavy atom. The fraction of sp³-hybridized carbons (Fsp3) is 0.667. The van der Waals surface area contributed by atoms with Gasteiger partial charge in [-0.1, -0.05) is 12.8 Å². The number of nitrogens with zero attached hydrogens (tertiary/aromatic N) is 2. The van der Waals surface area contributed by atoms with Gasteiger partial charge in [-0.25, -0.2) is 13.2 Å². The maximum Gasteiger partial charge on any atom is 0.341 e. The van der Waals surface area contributed by atoms with E-state index in [0.29, 0.717) is 36.9 Å². The zero-order valence-electron chi connectivity index (χ0n) is 16.3. The third kappa shape index (κ3) is 4.84. The summed E-state index contributed by atoms with van der Waals surface area (Å²) < 4.78 is 29.9. The van der Waals surface area contributed by atoms with Crippen LogP contribution in [-0.4, -0.2) is 68.2 Å². The van der Waals surface area contributed by atoms with Crippen LogP contribution in [0.2, 0.25) is 0 Å². The van der Waals surface area contributed by atoms with Gasteiger partial charge < -0.3 is 15.0 Å². The smallest absolute Gasteiger partial charge is 0.341 e. The number of anilines is 1. The number of thiophene rings is 1. The van der Waals surface area contributed by atoms with Crippen LogP contribution in [0, 0.1) is 0 Å². The first-order valence-corrected chi connectivity index (χ1v) is 12.6. The zero-order valence-corrected chi connectivity index (χ0v) is 18.8. The Kier molecular flexibility index (Phi) is 6.95. The van der Waals surface area contributed by atoms with Gasteiger partial charge in [-0.15, -0.1) is 11.3 Å². The number of ether oxygens (including phenoxy) is 1. The lowest BCUT2D eigenvalue weighted by Gasteiger charge is -2.34. The second-order valence-electron chi connectivity index (χ2n) is 7.19. The van der Waals surface area contributed by atoms with E-state index in [9.17, 15) is 13.2 Å². The van der Waals surface area contributed by atoms with Crippen molar-refractivity contribution in [2.75, 3.05) is 44.9 Å². The number of thiocarbonyl (C=S) groups is 1. The molecule has 0 atom stereocenters. The van der Waals surface area contributed by atoms with E-state index >= 15 is 0 Å². The molecule has 0 radical (unpaired) electrons. The molecule has 156 valence electrons. The van der Waals surface area contributed by atoms with Crippen molar-refractivity contribution in [1.82, 2.24) is 9.21 Å². The number of methoxy groups -OCH3 is 1. The van der Waals surface area contributed by atoms with Crippen molar-refractivity contribution in [2.45, 2.75) is 38.5 Å². The minimum Gasteiger partial charge on any atom is -0.465 e. The molecule has 0 bridgehead atoms. The van der Waals surface area contributed by atoms with Gasteiger partial charge in [-0.3, -0.25) is 0 Å². The number of esters is 1. The molecule has 1 N–H and O–H groups in total. The Morgan fingerprint density at radius 1 is 1.11 bits per heavy atom. The van der Waals surface area contributed by atoms with E-state index in [-0.39, 0.29) is 5.97 Å². The van der Waals surface area contributed by atoms with Crippen molar-refractivity contribution in [3.8, 4) is 0 Å². The molecular formula is C18H27N3O4S3. The number of fused-ring (bicyclic) bond motifs is 1. The lowest BCUT2D eigenvalue weighted by Crippen LogP contribution is -2.51. The molecule has 1 fully saturated rings. The van der Waals surface area contributed by atoms with Gasteiger partial charge in [-0.05, 0) is 43.5 Å². The Hall–Kier alpha value is -1.23. The van der Waals surface area contributed by atoms with Crippen LogP contribution in [-0.2, 0) is 27.6 Å². The standard InChI is InChI=1S/C18H27N3O4S3/c1-25-17(22)15-13-7-5-3-4-6-8-14(13)27-16(15)19-18(26)20-9-11-21(12-10-20)28(2,23)24/h3-12H2,1-2H3,(H,19,26). The summed E-state index contributed by atoms with van der Waals surface area (Å²) in [5.74, 6) is -0.328. The molecule has 28 heavy (non-hydrogen) atoms. The Balaban J connectivity index is 1.77. The normalized spacial score (nSPS) is 18.7. The van der Waals surface area contributed by atoms with Crippen LogP contribution in [0.1, 0.15) is 46.5 Å². The topological polar surface area (TPSA) is 79.0 Å². The molecule has 0 spiro atoms. The van der Waals surface area contributed by atoms with E-state index in [0.717, 1.165) is 36.2 Å². The molecule has 10 heteroatoms. The Bertz CT molecular complexity index is 843. The number of hydrogen-bond acceptors (Lipinski definition) is 6. The number of rotatable bonds is 3. The van der Waals surface area contributed by atoms with Gasteiger partial charge in [0.05, 0.1) is 18.9 Å². The van der Waals surface area contributed by atoms with E-state index in [1.807, 2.05) is 4.90 Å². The van der Waals surface area contributed by atoms with Gasteiger partial charge in [0.25, 0.3) is 0 Å². The predicted octanol–water partition coefficient (Wildman–Crippen LogP) is 2.47. The molecule has 0 saturated carbocycles. The van der Waals surface area contributed by atoms with Crippen LogP contribution in [0.5, 0.6) is 0 Å². The first-order chi connectivity index (χ1) is 13.3. The van der Waals surface area contributed by atoms with E-state index in [2.05, 4.69) is 5.32 Å². The highest BCUT2D eigenvalue weighted by Crippen LogP contribution is 2.37. The number of piperazine rings is 1. The Morgan fingerprint density at radius 3 is 2.36 bits per heavy atom. The van der Waals surface area contributed by atoms with Gasteiger partial charge in [-0.2, -0.15) is 4.31 Å². The van der Waals surface area contributed by atoms with E-state index in [1.54, 1.807) is 11.3 Å². The van der Waals surface area contributed by atoms with Crippen LogP contribution in [0.25, 0.3) is 0 Å². The summed E-state index contributed by atoms with van der Waals surface area (Å²) >= 11 is 7.16. The molecule has 1 aliphatic heterocycles. The van der Waals surface area contributed by atoms with Crippen molar-refractivity contribution < 1.29 is 17.9 Å². The fourth-order valence-electron chi connectivity index (χ4n) is 3.72. The summed E-state index contributed by atoms with van der Waals surface area (Å²) in [7, 11) is -1.78. The predicted molar refractivity (Wildman–Crippen MR) is 116 cm³/mol. The highest BCUT2D eigenvalue weighted by atomic mass is 32.2. The van der Waals surface area contributed by atoms with E-state index < -0.39 is 10.0 Å². The second kappa shape index (κ2) is 9.06. The summed E-state index contributed by atoms with van der Waals surface area (Å²) in [6, 6.07) is 0. The third-order valence-corrected chi connectivity index (χ3v) is 8.15. The average molecular weight is 446 g/mol. The molecule has 1 aromatic rings. The molecule has 1 aliphatic carbocycles. The number of nitrogens with one attached hydrogen (secondary N) is 1. The molecule has 2 aliphatic rings. The van der Waals surface area contributed by atoms with Crippen LogP contribution >= 0.6 is 23.6 Å². The van der Waals surface area contributed by atoms with Crippen molar-refractivity contribution >= 4 is 49.7 Å². The summed E-state index contributed by atoms with van der Waals surface area (Å²) in [5, 5.41) is 4.52. The lowest BCUT2D eigenvalue weighted by molar-refractivity contribution is 0.0601. The summed E-state index contributed by atoms with van der Waals surface area (Å²) in [6.45, 7) is 1.87. The molecule has 2 heterocycles. The van der Waals surface area contributed by atoms with Crippen LogP contribution in [0.4, 0.5) is 5.00 Å². The zero-order chi connectivity index (χ0) is 20.3. The van der Waals surface area contributed by atoms with Gasteiger partial charge in [0, 0.05) is 31.1 Å². The van der Waals surface area contributed by atoms with Crippen LogP contribution in [0.3, 0.4) is 0 Å². The van der Waals surface area contributed by atoms with Gasteiger partial charge in [0.1, 0.15) is 5.00 Å². The number of hydrogen-bond donors (Lipinski definition) is 1. The molecule has 1 aromatic heterocycles. The minimum atomic E-state index is -3.18. The molecule has 3 rings (SSSR count). The maximum absolute atomic E-state index is 12.5. The first kappa shape index (κ1) is 21.5. The number of sulfonamides is 1. The first-order valence-electron chi connectivity index (χ1n) is 9.55. The maximum atomic E-state index is 12.5. The van der Waals surface area contributed by atoms with Crippen molar-refractivity contribution in [2.24, 2.45) is 0 Å². The van der Waals surface area contributed by atoms with E-state index in [1.165, 1.54) is 35.4 Å². The van der Waals surface area contributed by atoms with Crippen LogP contribution < -0.4 is 5.32 Å². The average Bonchev–Trinajstić information content (AvgIpc) is 2.96. The Labute approximate surface area is 176 Å². The van der Waals surface area contributed by atoms with Crippen molar-refractivity contribution in [3.63, 3.8) is 0 Å².